The van der Waals surface area contributed by atoms with Crippen LogP contribution in [-0.2, 0) is 27.8 Å². The van der Waals surface area contributed by atoms with Gasteiger partial charge in [-0.2, -0.15) is 4.31 Å². The first-order chi connectivity index (χ1) is 14.8. The lowest BCUT2D eigenvalue weighted by atomic mass is 10.1. The van der Waals surface area contributed by atoms with E-state index in [1.165, 1.54) is 4.31 Å². The second kappa shape index (κ2) is 8.41. The second-order valence-corrected chi connectivity index (χ2v) is 9.88. The van der Waals surface area contributed by atoms with E-state index in [1.807, 2.05) is 36.7 Å². The molecule has 1 aliphatic rings. The minimum absolute atomic E-state index is 0.0662. The van der Waals surface area contributed by atoms with Crippen LogP contribution in [0.1, 0.15) is 16.8 Å². The Hall–Kier alpha value is -2.75. The van der Waals surface area contributed by atoms with Crippen LogP contribution in [0.25, 0.3) is 11.0 Å². The fraction of sp³-hybridized carbons (Fsp3) is 0.364. The molecule has 3 aromatic rings. The quantitative estimate of drug-likeness (QED) is 0.627. The number of likely N-dealkylation sites (N-methyl/N-ethyl adjacent to an activating group) is 1. The summed E-state index contributed by atoms with van der Waals surface area (Å²) in [5.74, 6) is -0.885. The monoisotopic (exact) mass is 442 g/mol. The number of aromatic nitrogens is 2. The number of benzene rings is 1. The SMILES string of the molecule is Cc1c(CC(=O)O)c2cccnc2n1Cc1ccc(S(=O)(=O)N2CCN(C)CC2)cc1. The number of hydrogen-bond donors (Lipinski definition) is 1. The summed E-state index contributed by atoms with van der Waals surface area (Å²) in [5.41, 5.74) is 3.25. The Morgan fingerprint density at radius 2 is 1.77 bits per heavy atom. The van der Waals surface area contributed by atoms with Gasteiger partial charge in [0.05, 0.1) is 11.3 Å². The first kappa shape index (κ1) is 21.5. The highest BCUT2D eigenvalue weighted by Gasteiger charge is 2.27. The van der Waals surface area contributed by atoms with Gasteiger partial charge in [0.2, 0.25) is 10.0 Å². The summed E-state index contributed by atoms with van der Waals surface area (Å²) >= 11 is 0. The highest BCUT2D eigenvalue weighted by atomic mass is 32.2. The van der Waals surface area contributed by atoms with Gasteiger partial charge < -0.3 is 14.6 Å². The zero-order chi connectivity index (χ0) is 22.2. The van der Waals surface area contributed by atoms with Gasteiger partial charge in [0.15, 0.2) is 0 Å². The van der Waals surface area contributed by atoms with Crippen LogP contribution in [0.4, 0.5) is 0 Å². The zero-order valence-corrected chi connectivity index (χ0v) is 18.5. The molecule has 31 heavy (non-hydrogen) atoms. The van der Waals surface area contributed by atoms with E-state index in [0.29, 0.717) is 24.5 Å². The molecule has 0 atom stereocenters. The predicted octanol–water partition coefficient (Wildman–Crippen LogP) is 1.96. The van der Waals surface area contributed by atoms with Crippen molar-refractivity contribution in [1.82, 2.24) is 18.8 Å². The molecule has 1 saturated heterocycles. The van der Waals surface area contributed by atoms with Gasteiger partial charge in [-0.05, 0) is 49.4 Å². The molecule has 0 aliphatic carbocycles. The van der Waals surface area contributed by atoms with E-state index in [-0.39, 0.29) is 6.42 Å². The summed E-state index contributed by atoms with van der Waals surface area (Å²) in [4.78, 5) is 18.2. The van der Waals surface area contributed by atoms with E-state index in [1.54, 1.807) is 24.4 Å². The number of sulfonamides is 1. The normalized spacial score (nSPS) is 16.1. The Kier molecular flexibility index (Phi) is 5.83. The van der Waals surface area contributed by atoms with Crippen LogP contribution in [0.5, 0.6) is 0 Å². The van der Waals surface area contributed by atoms with E-state index >= 15 is 0 Å². The third-order valence-electron chi connectivity index (χ3n) is 5.90. The molecule has 164 valence electrons. The Morgan fingerprint density at radius 1 is 1.10 bits per heavy atom. The van der Waals surface area contributed by atoms with Crippen molar-refractivity contribution in [3.63, 3.8) is 0 Å². The highest BCUT2D eigenvalue weighted by Crippen LogP contribution is 2.26. The van der Waals surface area contributed by atoms with Gasteiger partial charge in [0.25, 0.3) is 0 Å². The molecule has 4 rings (SSSR count). The highest BCUT2D eigenvalue weighted by molar-refractivity contribution is 7.89. The Labute approximate surface area is 181 Å². The average Bonchev–Trinajstić information content (AvgIpc) is 3.00. The third-order valence-corrected chi connectivity index (χ3v) is 7.81. The van der Waals surface area contributed by atoms with E-state index in [4.69, 9.17) is 0 Å². The fourth-order valence-corrected chi connectivity index (χ4v) is 5.48. The van der Waals surface area contributed by atoms with Crippen molar-refractivity contribution in [2.24, 2.45) is 0 Å². The predicted molar refractivity (Wildman–Crippen MR) is 118 cm³/mol. The van der Waals surface area contributed by atoms with Crippen molar-refractivity contribution in [2.45, 2.75) is 24.8 Å². The van der Waals surface area contributed by atoms with Crippen LogP contribution in [0.3, 0.4) is 0 Å². The minimum Gasteiger partial charge on any atom is -0.481 e. The molecule has 0 radical (unpaired) electrons. The third kappa shape index (κ3) is 4.21. The number of rotatable bonds is 6. The van der Waals surface area contributed by atoms with Crippen molar-refractivity contribution in [3.8, 4) is 0 Å². The first-order valence-corrected chi connectivity index (χ1v) is 11.6. The lowest BCUT2D eigenvalue weighted by Crippen LogP contribution is -2.46. The molecule has 3 heterocycles. The number of fused-ring (bicyclic) bond motifs is 1. The molecular weight excluding hydrogens is 416 g/mol. The average molecular weight is 443 g/mol. The molecule has 0 bridgehead atoms. The summed E-state index contributed by atoms with van der Waals surface area (Å²) in [6.45, 7) is 4.81. The van der Waals surface area contributed by atoms with E-state index in [0.717, 1.165) is 40.9 Å². The number of hydrogen-bond acceptors (Lipinski definition) is 5. The molecule has 1 fully saturated rings. The summed E-state index contributed by atoms with van der Waals surface area (Å²) in [6, 6.07) is 10.6. The van der Waals surface area contributed by atoms with Crippen LogP contribution in [-0.4, -0.2) is 71.5 Å². The molecule has 0 unspecified atom stereocenters. The van der Waals surface area contributed by atoms with Crippen molar-refractivity contribution in [2.75, 3.05) is 33.2 Å². The van der Waals surface area contributed by atoms with Gasteiger partial charge in [-0.3, -0.25) is 4.79 Å². The van der Waals surface area contributed by atoms with Gasteiger partial charge in [0.1, 0.15) is 5.65 Å². The topological polar surface area (TPSA) is 95.7 Å². The molecular formula is C22H26N4O4S. The molecule has 0 saturated carbocycles. The molecule has 1 aliphatic heterocycles. The number of carboxylic acids is 1. The summed E-state index contributed by atoms with van der Waals surface area (Å²) in [5, 5.41) is 10.1. The maximum absolute atomic E-state index is 12.9. The molecule has 2 aromatic heterocycles. The number of carbonyl (C=O) groups is 1. The Bertz CT molecular complexity index is 1210. The Balaban J connectivity index is 1.61. The van der Waals surface area contributed by atoms with E-state index in [9.17, 15) is 18.3 Å². The van der Waals surface area contributed by atoms with Crippen LogP contribution < -0.4 is 0 Å². The van der Waals surface area contributed by atoms with Crippen molar-refractivity contribution in [1.29, 1.82) is 0 Å². The summed E-state index contributed by atoms with van der Waals surface area (Å²) in [6.07, 6.45) is 1.62. The molecule has 1 aromatic carbocycles. The summed E-state index contributed by atoms with van der Waals surface area (Å²) < 4.78 is 29.4. The van der Waals surface area contributed by atoms with Gasteiger partial charge in [-0.1, -0.05) is 12.1 Å². The van der Waals surface area contributed by atoms with Gasteiger partial charge in [0, 0.05) is 50.0 Å². The number of nitrogens with zero attached hydrogens (tertiary/aromatic N) is 4. The van der Waals surface area contributed by atoms with E-state index < -0.39 is 16.0 Å². The van der Waals surface area contributed by atoms with Gasteiger partial charge in [-0.25, -0.2) is 13.4 Å². The smallest absolute Gasteiger partial charge is 0.307 e. The standard InChI is InChI=1S/C22H26N4O4S/c1-16-20(14-21(27)28)19-4-3-9-23-22(19)26(16)15-17-5-7-18(8-6-17)31(29,30)25-12-10-24(2)11-13-25/h3-9H,10-15H2,1-2H3,(H,27,28). The molecule has 0 amide bonds. The number of carboxylic acid groups (broad SMARTS) is 1. The van der Waals surface area contributed by atoms with Crippen LogP contribution >= 0.6 is 0 Å². The molecule has 0 spiro atoms. The number of aliphatic carboxylic acids is 1. The lowest BCUT2D eigenvalue weighted by molar-refractivity contribution is -0.136. The minimum atomic E-state index is -3.51. The number of pyridine rings is 1. The van der Waals surface area contributed by atoms with Crippen LogP contribution in [0.2, 0.25) is 0 Å². The van der Waals surface area contributed by atoms with Crippen molar-refractivity contribution < 1.29 is 18.3 Å². The van der Waals surface area contributed by atoms with Crippen LogP contribution in [0, 0.1) is 6.92 Å². The fourth-order valence-electron chi connectivity index (χ4n) is 4.06. The molecule has 1 N–H and O–H groups in total. The Morgan fingerprint density at radius 3 is 2.42 bits per heavy atom. The number of piperazine rings is 1. The van der Waals surface area contributed by atoms with Crippen molar-refractivity contribution >= 4 is 27.0 Å². The second-order valence-electron chi connectivity index (χ2n) is 7.95. The van der Waals surface area contributed by atoms with Crippen LogP contribution in [0.15, 0.2) is 47.5 Å². The van der Waals surface area contributed by atoms with Gasteiger partial charge in [-0.15, -0.1) is 0 Å². The maximum atomic E-state index is 12.9. The van der Waals surface area contributed by atoms with E-state index in [2.05, 4.69) is 9.88 Å². The zero-order valence-electron chi connectivity index (χ0n) is 17.7. The molecule has 8 nitrogen and oxygen atoms in total. The first-order valence-electron chi connectivity index (χ1n) is 10.2. The molecule has 9 heteroatoms. The summed E-state index contributed by atoms with van der Waals surface area (Å²) in [7, 11) is -1.52. The maximum Gasteiger partial charge on any atom is 0.307 e. The largest absolute Gasteiger partial charge is 0.481 e. The van der Waals surface area contributed by atoms with Crippen molar-refractivity contribution in [3.05, 3.63) is 59.4 Å². The lowest BCUT2D eigenvalue weighted by Gasteiger charge is -2.31. The van der Waals surface area contributed by atoms with Gasteiger partial charge >= 0.3 is 5.97 Å².